The summed E-state index contributed by atoms with van der Waals surface area (Å²) in [5.41, 5.74) is 0.943. The Hall–Kier alpha value is -1.40. The number of fused-ring (bicyclic) bond motifs is 1. The Bertz CT molecular complexity index is 975. The van der Waals surface area contributed by atoms with Crippen molar-refractivity contribution in [2.75, 3.05) is 46.1 Å². The number of β-amino-alcohol motifs (C(OH)–C–C–N with tert-alkyl or cyclic N) is 1. The number of hydrogen-bond donors (Lipinski definition) is 1. The molecule has 1 saturated heterocycles. The molecule has 1 atom stereocenters. The van der Waals surface area contributed by atoms with E-state index in [4.69, 9.17) is 25.8 Å². The van der Waals surface area contributed by atoms with Crippen LogP contribution in [0, 0.1) is 0 Å². The number of ether oxygens (including phenoxy) is 3. The number of benzene rings is 1. The third-order valence-electron chi connectivity index (χ3n) is 4.96. The van der Waals surface area contributed by atoms with Crippen molar-refractivity contribution in [3.8, 4) is 11.5 Å². The lowest BCUT2D eigenvalue weighted by Gasteiger charge is -2.34. The van der Waals surface area contributed by atoms with Crippen LogP contribution in [0.5, 0.6) is 11.5 Å². The Morgan fingerprint density at radius 1 is 1.13 bits per heavy atom. The van der Waals surface area contributed by atoms with Gasteiger partial charge in [-0.15, -0.1) is 11.3 Å². The summed E-state index contributed by atoms with van der Waals surface area (Å²) in [6, 6.07) is 8.75. The van der Waals surface area contributed by atoms with Crippen molar-refractivity contribution in [1.29, 1.82) is 0 Å². The van der Waals surface area contributed by atoms with Crippen molar-refractivity contribution >= 4 is 33.0 Å². The van der Waals surface area contributed by atoms with Crippen molar-refractivity contribution < 1.29 is 27.7 Å². The van der Waals surface area contributed by atoms with Gasteiger partial charge in [0.05, 0.1) is 23.7 Å². The van der Waals surface area contributed by atoms with Crippen molar-refractivity contribution in [3.63, 3.8) is 0 Å². The summed E-state index contributed by atoms with van der Waals surface area (Å²) in [5, 5.41) is 10.3. The number of thiophene rings is 1. The zero-order chi connectivity index (χ0) is 21.1. The number of aliphatic hydroxyl groups is 1. The van der Waals surface area contributed by atoms with Gasteiger partial charge in [-0.25, -0.2) is 8.42 Å². The van der Waals surface area contributed by atoms with Crippen LogP contribution in [0.2, 0.25) is 4.34 Å². The number of hydrogen-bond acceptors (Lipinski definition) is 8. The highest BCUT2D eigenvalue weighted by Crippen LogP contribution is 2.32. The molecule has 0 amide bonds. The maximum Gasteiger partial charge on any atom is 0.252 e. The molecular formula is C19H23ClN2O6S2. The number of sulfonamides is 1. The number of piperazine rings is 1. The molecule has 1 aromatic heterocycles. The van der Waals surface area contributed by atoms with E-state index in [0.717, 1.165) is 22.6 Å². The van der Waals surface area contributed by atoms with Gasteiger partial charge in [0, 0.05) is 32.7 Å². The predicted molar refractivity (Wildman–Crippen MR) is 113 cm³/mol. The maximum atomic E-state index is 12.6. The van der Waals surface area contributed by atoms with Crippen LogP contribution < -0.4 is 9.47 Å². The van der Waals surface area contributed by atoms with Gasteiger partial charge in [0.15, 0.2) is 11.5 Å². The minimum Gasteiger partial charge on any atom is -0.454 e. The molecule has 8 nitrogen and oxygen atoms in total. The summed E-state index contributed by atoms with van der Waals surface area (Å²) >= 11 is 6.93. The van der Waals surface area contributed by atoms with Gasteiger partial charge in [-0.3, -0.25) is 4.90 Å². The second-order valence-corrected chi connectivity index (χ2v) is 11.0. The van der Waals surface area contributed by atoms with Crippen LogP contribution in [0.1, 0.15) is 5.56 Å². The minimum absolute atomic E-state index is 0.195. The number of aliphatic hydroxyl groups excluding tert-OH is 1. The summed E-state index contributed by atoms with van der Waals surface area (Å²) in [4.78, 5) is 2.04. The van der Waals surface area contributed by atoms with Gasteiger partial charge in [0.25, 0.3) is 10.0 Å². The van der Waals surface area contributed by atoms with Crippen LogP contribution in [0.3, 0.4) is 0 Å². The van der Waals surface area contributed by atoms with E-state index in [-0.39, 0.29) is 17.6 Å². The first-order chi connectivity index (χ1) is 14.4. The van der Waals surface area contributed by atoms with Gasteiger partial charge in [-0.2, -0.15) is 4.31 Å². The molecule has 11 heteroatoms. The molecule has 0 radical (unpaired) electrons. The molecule has 0 aliphatic carbocycles. The molecule has 2 aromatic rings. The minimum atomic E-state index is -3.51. The molecule has 30 heavy (non-hydrogen) atoms. The quantitative estimate of drug-likeness (QED) is 0.626. The fourth-order valence-electron chi connectivity index (χ4n) is 3.41. The Balaban J connectivity index is 1.19. The lowest BCUT2D eigenvalue weighted by molar-refractivity contribution is 0.00537. The van der Waals surface area contributed by atoms with E-state index in [0.29, 0.717) is 49.4 Å². The van der Waals surface area contributed by atoms with Crippen LogP contribution in [-0.2, 0) is 21.4 Å². The first-order valence-corrected chi connectivity index (χ1v) is 12.2. The van der Waals surface area contributed by atoms with Crippen molar-refractivity contribution in [2.24, 2.45) is 0 Å². The zero-order valence-corrected chi connectivity index (χ0v) is 18.6. The van der Waals surface area contributed by atoms with E-state index in [1.165, 1.54) is 10.4 Å². The van der Waals surface area contributed by atoms with Crippen LogP contribution in [0.15, 0.2) is 34.5 Å². The summed E-state index contributed by atoms with van der Waals surface area (Å²) in [5.74, 6) is 1.43. The highest BCUT2D eigenvalue weighted by atomic mass is 35.5. The highest BCUT2D eigenvalue weighted by molar-refractivity contribution is 7.91. The van der Waals surface area contributed by atoms with E-state index in [1.807, 2.05) is 23.1 Å². The first kappa shape index (κ1) is 21.8. The van der Waals surface area contributed by atoms with E-state index in [9.17, 15) is 13.5 Å². The van der Waals surface area contributed by atoms with Crippen molar-refractivity contribution in [3.05, 3.63) is 40.2 Å². The third kappa shape index (κ3) is 5.08. The largest absolute Gasteiger partial charge is 0.454 e. The van der Waals surface area contributed by atoms with Gasteiger partial charge >= 0.3 is 0 Å². The lowest BCUT2D eigenvalue weighted by Crippen LogP contribution is -2.50. The molecule has 1 aromatic carbocycles. The average Bonchev–Trinajstić information content (AvgIpc) is 3.37. The Kier molecular flexibility index (Phi) is 6.83. The second-order valence-electron chi connectivity index (χ2n) is 7.12. The predicted octanol–water partition coefficient (Wildman–Crippen LogP) is 2.01. The van der Waals surface area contributed by atoms with Gasteiger partial charge in [-0.05, 0) is 29.8 Å². The SMILES string of the molecule is O=S(=O)(c1ccc(Cl)s1)N1CCN(C[C@H](O)COCc2ccc3c(c2)OCO3)CC1. The van der Waals surface area contributed by atoms with Gasteiger partial charge in [-0.1, -0.05) is 17.7 Å². The molecule has 1 fully saturated rings. The highest BCUT2D eigenvalue weighted by Gasteiger charge is 2.30. The topological polar surface area (TPSA) is 88.5 Å². The molecule has 1 N–H and O–H groups in total. The summed E-state index contributed by atoms with van der Waals surface area (Å²) < 4.78 is 43.7. The van der Waals surface area contributed by atoms with Crippen LogP contribution in [0.4, 0.5) is 0 Å². The number of halogens is 1. The van der Waals surface area contributed by atoms with Gasteiger partial charge in [0.2, 0.25) is 6.79 Å². The molecule has 2 aliphatic heterocycles. The normalized spacial score (nSPS) is 18.6. The molecule has 4 rings (SSSR count). The second kappa shape index (κ2) is 9.39. The van der Waals surface area contributed by atoms with Gasteiger partial charge in [0.1, 0.15) is 4.21 Å². The molecular weight excluding hydrogens is 452 g/mol. The summed E-state index contributed by atoms with van der Waals surface area (Å²) in [7, 11) is -3.51. The monoisotopic (exact) mass is 474 g/mol. The Morgan fingerprint density at radius 2 is 1.90 bits per heavy atom. The van der Waals surface area contributed by atoms with Crippen LogP contribution in [-0.4, -0.2) is 75.0 Å². The molecule has 0 unspecified atom stereocenters. The lowest BCUT2D eigenvalue weighted by atomic mass is 10.2. The molecule has 0 bridgehead atoms. The van der Waals surface area contributed by atoms with Gasteiger partial charge < -0.3 is 19.3 Å². The number of rotatable bonds is 8. The maximum absolute atomic E-state index is 12.6. The standard InChI is InChI=1S/C19H23ClN2O6S2/c20-18-3-4-19(29-18)30(24,25)22-7-5-21(6-8-22)10-15(23)12-26-11-14-1-2-16-17(9-14)28-13-27-16/h1-4,9,15,23H,5-8,10-13H2/t15-/m0/s1. The molecule has 0 spiro atoms. The molecule has 3 heterocycles. The molecule has 2 aliphatic rings. The molecule has 0 saturated carbocycles. The molecule has 164 valence electrons. The smallest absolute Gasteiger partial charge is 0.252 e. The Morgan fingerprint density at radius 3 is 2.63 bits per heavy atom. The fourth-order valence-corrected chi connectivity index (χ4v) is 6.47. The van der Waals surface area contributed by atoms with Crippen molar-refractivity contribution in [2.45, 2.75) is 16.9 Å². The zero-order valence-electron chi connectivity index (χ0n) is 16.2. The first-order valence-electron chi connectivity index (χ1n) is 9.54. The van der Waals surface area contributed by atoms with Crippen molar-refractivity contribution in [1.82, 2.24) is 9.21 Å². The summed E-state index contributed by atoms with van der Waals surface area (Å²) in [6.45, 7) is 3.08. The fraction of sp³-hybridized carbons (Fsp3) is 0.474. The Labute approximate surface area is 184 Å². The van der Waals surface area contributed by atoms with E-state index in [1.54, 1.807) is 6.07 Å². The van der Waals surface area contributed by atoms with Crippen LogP contribution >= 0.6 is 22.9 Å². The average molecular weight is 475 g/mol. The number of nitrogens with zero attached hydrogens (tertiary/aromatic N) is 2. The van der Waals surface area contributed by atoms with E-state index >= 15 is 0 Å². The van der Waals surface area contributed by atoms with Crippen LogP contribution in [0.25, 0.3) is 0 Å². The van der Waals surface area contributed by atoms with E-state index < -0.39 is 16.1 Å². The third-order valence-corrected chi connectivity index (χ3v) is 8.56. The summed E-state index contributed by atoms with van der Waals surface area (Å²) in [6.07, 6.45) is -0.654. The van der Waals surface area contributed by atoms with E-state index in [2.05, 4.69) is 0 Å².